The van der Waals surface area contributed by atoms with Gasteiger partial charge in [0.05, 0.1) is 14.4 Å². The average Bonchev–Trinajstić information content (AvgIpc) is 3.25. The molecule has 2 aromatic rings. The standard InChI is InChI=1S/C25H32BrClFN5O5/c1-25(2,3)38-24(34)32-10-7-14(8-11-32)29-21-16-12-17(27)18(26)19(28)20(16)30-23(22(21)33(35)36)37-13-15-6-5-9-31(15)4/h12,14-15H,5-11,13H2,1-4H3,(H,29,30)/t15-/m0/s1. The van der Waals surface area contributed by atoms with Gasteiger partial charge in [-0.05, 0) is 82.0 Å². The first-order valence-electron chi connectivity index (χ1n) is 12.6. The molecule has 0 unspecified atom stereocenters. The molecule has 1 atom stereocenters. The maximum Gasteiger partial charge on any atom is 0.410 e. The number of carbonyl (C=O) groups is 1. The summed E-state index contributed by atoms with van der Waals surface area (Å²) in [5.74, 6) is -0.974. The van der Waals surface area contributed by atoms with Crippen molar-refractivity contribution in [1.82, 2.24) is 14.8 Å². The summed E-state index contributed by atoms with van der Waals surface area (Å²) in [6.07, 6.45) is 2.52. The number of carbonyl (C=O) groups excluding carboxylic acids is 1. The van der Waals surface area contributed by atoms with E-state index in [-0.39, 0.29) is 56.3 Å². The third-order valence-electron chi connectivity index (χ3n) is 6.82. The van der Waals surface area contributed by atoms with E-state index in [1.807, 2.05) is 7.05 Å². The van der Waals surface area contributed by atoms with Crippen LogP contribution in [0.1, 0.15) is 46.5 Å². The molecule has 1 aromatic heterocycles. The molecule has 0 saturated carbocycles. The monoisotopic (exact) mass is 615 g/mol. The number of amides is 1. The third-order valence-corrected chi connectivity index (χ3v) is 8.12. The quantitative estimate of drug-likeness (QED) is 0.240. The Bertz CT molecular complexity index is 1240. The average molecular weight is 617 g/mol. The number of benzene rings is 1. The van der Waals surface area contributed by atoms with Crippen molar-refractivity contribution in [2.45, 2.75) is 64.1 Å². The number of fused-ring (bicyclic) bond motifs is 1. The number of nitrogens with one attached hydrogen (secondary N) is 1. The lowest BCUT2D eigenvalue weighted by Crippen LogP contribution is -2.44. The summed E-state index contributed by atoms with van der Waals surface area (Å²) in [7, 11) is 1.97. The Kier molecular flexibility index (Phi) is 8.53. The van der Waals surface area contributed by atoms with Crippen molar-refractivity contribution in [3.63, 3.8) is 0 Å². The summed E-state index contributed by atoms with van der Waals surface area (Å²) in [5.41, 5.74) is -0.969. The maximum atomic E-state index is 15.3. The van der Waals surface area contributed by atoms with Crippen LogP contribution in [0.4, 0.5) is 20.6 Å². The molecule has 0 bridgehead atoms. The van der Waals surface area contributed by atoms with Crippen molar-refractivity contribution in [2.75, 3.05) is 38.6 Å². The van der Waals surface area contributed by atoms with Crippen molar-refractivity contribution in [2.24, 2.45) is 0 Å². The SMILES string of the molecule is CN1CCC[C@H]1COc1nc2c(F)c(Br)c(Cl)cc2c(NC2CCN(C(=O)OC(C)(C)C)CC2)c1[N+](=O)[O-]. The number of hydrogen-bond donors (Lipinski definition) is 1. The lowest BCUT2D eigenvalue weighted by molar-refractivity contribution is -0.385. The number of likely N-dealkylation sites (N-methyl/N-ethyl adjacent to an activating group) is 1. The van der Waals surface area contributed by atoms with Crippen molar-refractivity contribution < 1.29 is 23.6 Å². The van der Waals surface area contributed by atoms with Gasteiger partial charge in [-0.1, -0.05) is 11.6 Å². The first-order valence-corrected chi connectivity index (χ1v) is 13.8. The second-order valence-electron chi connectivity index (χ2n) is 10.8. The molecule has 1 aromatic carbocycles. The molecular weight excluding hydrogens is 585 g/mol. The molecule has 1 N–H and O–H groups in total. The van der Waals surface area contributed by atoms with Gasteiger partial charge in [-0.25, -0.2) is 14.2 Å². The van der Waals surface area contributed by atoms with Crippen LogP contribution >= 0.6 is 27.5 Å². The lowest BCUT2D eigenvalue weighted by atomic mass is 10.0. The van der Waals surface area contributed by atoms with Crippen LogP contribution in [0.2, 0.25) is 5.02 Å². The zero-order valence-corrected chi connectivity index (χ0v) is 24.2. The van der Waals surface area contributed by atoms with E-state index in [9.17, 15) is 14.9 Å². The first kappa shape index (κ1) is 28.6. The van der Waals surface area contributed by atoms with Gasteiger partial charge in [-0.2, -0.15) is 0 Å². The smallest absolute Gasteiger partial charge is 0.410 e. The number of anilines is 1. The lowest BCUT2D eigenvalue weighted by Gasteiger charge is -2.34. The Morgan fingerprint density at radius 3 is 2.58 bits per heavy atom. The fraction of sp³-hybridized carbons (Fsp3) is 0.600. The van der Waals surface area contributed by atoms with Crippen LogP contribution in [0.25, 0.3) is 10.9 Å². The zero-order chi connectivity index (χ0) is 27.8. The van der Waals surface area contributed by atoms with Crippen LogP contribution in [-0.4, -0.2) is 76.8 Å². The molecule has 2 saturated heterocycles. The fourth-order valence-electron chi connectivity index (χ4n) is 4.79. The van der Waals surface area contributed by atoms with E-state index in [1.165, 1.54) is 6.07 Å². The number of ether oxygens (including phenoxy) is 2. The van der Waals surface area contributed by atoms with Crippen LogP contribution in [-0.2, 0) is 4.74 Å². The summed E-state index contributed by atoms with van der Waals surface area (Å²) < 4.78 is 26.7. The predicted molar refractivity (Wildman–Crippen MR) is 147 cm³/mol. The van der Waals surface area contributed by atoms with Crippen LogP contribution < -0.4 is 10.1 Å². The first-order chi connectivity index (χ1) is 17.9. The minimum absolute atomic E-state index is 0.0196. The molecule has 2 aliphatic heterocycles. The van der Waals surface area contributed by atoms with Gasteiger partial charge < -0.3 is 24.6 Å². The number of rotatable bonds is 6. The molecule has 2 aliphatic rings. The summed E-state index contributed by atoms with van der Waals surface area (Å²) in [6.45, 7) is 7.33. The second-order valence-corrected chi connectivity index (χ2v) is 12.0. The highest BCUT2D eigenvalue weighted by molar-refractivity contribution is 9.10. The van der Waals surface area contributed by atoms with E-state index in [2.05, 4.69) is 31.1 Å². The van der Waals surface area contributed by atoms with Crippen LogP contribution in [0.5, 0.6) is 5.88 Å². The van der Waals surface area contributed by atoms with Crippen LogP contribution in [0.15, 0.2) is 10.5 Å². The van der Waals surface area contributed by atoms with Crippen LogP contribution in [0.3, 0.4) is 0 Å². The molecule has 208 valence electrons. The van der Waals surface area contributed by atoms with Gasteiger partial charge in [-0.3, -0.25) is 10.1 Å². The van der Waals surface area contributed by atoms with Crippen molar-refractivity contribution in [3.05, 3.63) is 31.5 Å². The number of piperidine rings is 1. The van der Waals surface area contributed by atoms with Gasteiger partial charge in [0.25, 0.3) is 5.88 Å². The maximum absolute atomic E-state index is 15.3. The van der Waals surface area contributed by atoms with E-state index >= 15 is 4.39 Å². The van der Waals surface area contributed by atoms with E-state index in [1.54, 1.807) is 25.7 Å². The highest BCUT2D eigenvalue weighted by Gasteiger charge is 2.33. The number of nitro groups is 1. The van der Waals surface area contributed by atoms with Gasteiger partial charge in [0.2, 0.25) is 0 Å². The predicted octanol–water partition coefficient (Wildman–Crippen LogP) is 5.98. The van der Waals surface area contributed by atoms with E-state index < -0.39 is 22.4 Å². The fourth-order valence-corrected chi connectivity index (χ4v) is 5.29. The van der Waals surface area contributed by atoms with E-state index in [4.69, 9.17) is 21.1 Å². The highest BCUT2D eigenvalue weighted by Crippen LogP contribution is 2.44. The molecule has 0 radical (unpaired) electrons. The molecule has 0 spiro atoms. The molecule has 10 nitrogen and oxygen atoms in total. The minimum Gasteiger partial charge on any atom is -0.471 e. The summed E-state index contributed by atoms with van der Waals surface area (Å²) >= 11 is 9.38. The summed E-state index contributed by atoms with van der Waals surface area (Å²) in [6, 6.07) is 1.32. The van der Waals surface area contributed by atoms with Gasteiger partial charge in [0, 0.05) is 30.6 Å². The molecule has 1 amide bonds. The van der Waals surface area contributed by atoms with E-state index in [0.717, 1.165) is 19.4 Å². The third kappa shape index (κ3) is 6.23. The molecule has 3 heterocycles. The number of likely N-dealkylation sites (tertiary alicyclic amines) is 2. The Balaban J connectivity index is 1.66. The Labute approximate surface area is 234 Å². The number of nitrogens with zero attached hydrogens (tertiary/aromatic N) is 4. The second kappa shape index (κ2) is 11.4. The van der Waals surface area contributed by atoms with E-state index in [0.29, 0.717) is 25.9 Å². The van der Waals surface area contributed by atoms with Gasteiger partial charge in [-0.15, -0.1) is 0 Å². The number of aromatic nitrogens is 1. The summed E-state index contributed by atoms with van der Waals surface area (Å²) in [5, 5.41) is 15.8. The summed E-state index contributed by atoms with van der Waals surface area (Å²) in [4.78, 5) is 32.2. The molecule has 2 fully saturated rings. The zero-order valence-electron chi connectivity index (χ0n) is 21.9. The minimum atomic E-state index is -0.729. The largest absolute Gasteiger partial charge is 0.471 e. The Morgan fingerprint density at radius 1 is 1.32 bits per heavy atom. The van der Waals surface area contributed by atoms with Crippen molar-refractivity contribution in [3.8, 4) is 5.88 Å². The Morgan fingerprint density at radius 2 is 2.00 bits per heavy atom. The molecule has 13 heteroatoms. The van der Waals surface area contributed by atoms with Gasteiger partial charge in [0.15, 0.2) is 5.82 Å². The molecule has 4 rings (SSSR count). The van der Waals surface area contributed by atoms with Crippen LogP contribution in [0, 0.1) is 15.9 Å². The number of hydrogen-bond acceptors (Lipinski definition) is 8. The number of pyridine rings is 1. The van der Waals surface area contributed by atoms with Gasteiger partial charge in [0.1, 0.15) is 23.4 Å². The van der Waals surface area contributed by atoms with Crippen molar-refractivity contribution >= 4 is 55.9 Å². The topological polar surface area (TPSA) is 110 Å². The van der Waals surface area contributed by atoms with Gasteiger partial charge >= 0.3 is 11.8 Å². The molecule has 0 aliphatic carbocycles. The molecule has 38 heavy (non-hydrogen) atoms. The molecular formula is C25H32BrClFN5O5. The number of halogens is 3. The highest BCUT2D eigenvalue weighted by atomic mass is 79.9. The Hall–Kier alpha value is -2.44. The normalized spacial score (nSPS) is 19.1. The van der Waals surface area contributed by atoms with Crippen molar-refractivity contribution in [1.29, 1.82) is 0 Å².